The van der Waals surface area contributed by atoms with Crippen molar-refractivity contribution in [2.24, 2.45) is 0 Å². The van der Waals surface area contributed by atoms with Crippen LogP contribution in [0.3, 0.4) is 0 Å². The average molecular weight is 609 g/mol. The maximum Gasteiger partial charge on any atom is 0.422 e. The van der Waals surface area contributed by atoms with E-state index in [9.17, 15) is 31.6 Å². The van der Waals surface area contributed by atoms with Crippen LogP contribution in [0.2, 0.25) is 0 Å². The minimum Gasteiger partial charge on any atom is -0.449 e. The van der Waals surface area contributed by atoms with Gasteiger partial charge in [-0.15, -0.1) is 9.46 Å². The summed E-state index contributed by atoms with van der Waals surface area (Å²) in [5.41, 5.74) is 0.789. The number of halogens is 3. The smallest absolute Gasteiger partial charge is 0.422 e. The number of nitrogens with zero attached hydrogens (tertiary/aromatic N) is 2. The van der Waals surface area contributed by atoms with Gasteiger partial charge in [0.1, 0.15) is 0 Å². The molecule has 0 N–H and O–H groups in total. The number of sulfone groups is 1. The Kier molecular flexibility index (Phi) is 8.67. The molecule has 0 fully saturated rings. The van der Waals surface area contributed by atoms with Gasteiger partial charge in [-0.2, -0.15) is 0 Å². The Hall–Kier alpha value is -2.64. The molecule has 0 saturated carbocycles. The molecule has 0 atom stereocenters. The molecule has 0 aliphatic carbocycles. The van der Waals surface area contributed by atoms with E-state index >= 15 is 0 Å². The van der Waals surface area contributed by atoms with Crippen LogP contribution in [0.1, 0.15) is 18.1 Å². The summed E-state index contributed by atoms with van der Waals surface area (Å²) in [5.74, 6) is 0. The van der Waals surface area contributed by atoms with Crippen LogP contribution >= 0.6 is 23.5 Å². The third kappa shape index (κ3) is 6.19. The summed E-state index contributed by atoms with van der Waals surface area (Å²) in [6.07, 6.45) is 0.763. The fourth-order valence-corrected chi connectivity index (χ4v) is 5.55. The number of carbonyl (C=O) groups excluding carboxylic acids is 1. The van der Waals surface area contributed by atoms with E-state index in [1.54, 1.807) is 6.92 Å². The van der Waals surface area contributed by atoms with Crippen molar-refractivity contribution in [1.29, 1.82) is 0 Å². The van der Waals surface area contributed by atoms with Gasteiger partial charge in [-0.3, -0.25) is 9.13 Å². The first-order valence-corrected chi connectivity index (χ1v) is 14.6. The zero-order valence-corrected chi connectivity index (χ0v) is 22.2. The normalized spacial score (nSPS) is 12.0. The Bertz CT molecular complexity index is 1480. The highest BCUT2D eigenvalue weighted by Gasteiger charge is 2.29. The summed E-state index contributed by atoms with van der Waals surface area (Å²) in [4.78, 5) is 25.5. The molecule has 3 aromatic rings. The van der Waals surface area contributed by atoms with E-state index in [2.05, 4.69) is 25.4 Å². The fraction of sp³-hybridized carbons (Fsp3) is 0.238. The first-order chi connectivity index (χ1) is 16.9. The number of hydrogen-bond donors (Lipinski definition) is 0. The van der Waals surface area contributed by atoms with Gasteiger partial charge in [0.25, 0.3) is 0 Å². The van der Waals surface area contributed by atoms with Crippen molar-refractivity contribution < 1.29 is 41.0 Å². The van der Waals surface area contributed by atoms with Crippen LogP contribution in [0, 0.1) is 0 Å². The zero-order chi connectivity index (χ0) is 26.7. The number of rotatable bonds is 9. The van der Waals surface area contributed by atoms with E-state index in [0.717, 1.165) is 10.8 Å². The predicted octanol–water partition coefficient (Wildman–Crippen LogP) is 5.03. The number of benzene rings is 2. The fourth-order valence-electron chi connectivity index (χ4n) is 3.33. The van der Waals surface area contributed by atoms with Crippen LogP contribution in [0.25, 0.3) is 11.3 Å². The van der Waals surface area contributed by atoms with Crippen molar-refractivity contribution in [3.8, 4) is 11.3 Å². The van der Waals surface area contributed by atoms with Gasteiger partial charge < -0.3 is 4.74 Å². The third-order valence-corrected chi connectivity index (χ3v) is 8.07. The molecule has 0 spiro atoms. The van der Waals surface area contributed by atoms with E-state index in [4.69, 9.17) is 4.74 Å². The molecule has 15 heteroatoms. The van der Waals surface area contributed by atoms with E-state index in [1.807, 2.05) is 0 Å². The van der Waals surface area contributed by atoms with Gasteiger partial charge in [-0.05, 0) is 50.9 Å². The molecule has 3 rings (SSSR count). The van der Waals surface area contributed by atoms with Crippen molar-refractivity contribution in [3.05, 3.63) is 74.7 Å². The summed E-state index contributed by atoms with van der Waals surface area (Å²) in [6, 6.07) is 10.2. The molecule has 0 saturated heterocycles. The molecule has 0 aliphatic heterocycles. The molecule has 1 aromatic heterocycles. The number of ether oxygens (including phenoxy) is 1. The van der Waals surface area contributed by atoms with Crippen LogP contribution in [-0.2, 0) is 41.3 Å². The van der Waals surface area contributed by atoms with Crippen molar-refractivity contribution in [2.45, 2.75) is 24.5 Å². The summed E-state index contributed by atoms with van der Waals surface area (Å²) in [7, 11) is -8.06. The van der Waals surface area contributed by atoms with Gasteiger partial charge in [0, 0.05) is 16.9 Å². The minimum atomic E-state index is -4.61. The molecule has 0 radical (unpaired) electrons. The van der Waals surface area contributed by atoms with E-state index in [-0.39, 0.29) is 23.6 Å². The lowest BCUT2D eigenvalue weighted by molar-refractivity contribution is -0.0881. The van der Waals surface area contributed by atoms with Gasteiger partial charge >= 0.3 is 19.4 Å². The van der Waals surface area contributed by atoms with E-state index in [1.165, 1.54) is 53.2 Å². The lowest BCUT2D eigenvalue weighted by Gasteiger charge is -2.12. The summed E-state index contributed by atoms with van der Waals surface area (Å²) in [6.45, 7) is 1.58. The monoisotopic (exact) mass is 608 g/mol. The highest BCUT2D eigenvalue weighted by atomic mass is 79.9. The molecule has 194 valence electrons. The van der Waals surface area contributed by atoms with Gasteiger partial charge in [0.2, 0.25) is 0 Å². The van der Waals surface area contributed by atoms with Crippen LogP contribution in [0.15, 0.2) is 62.8 Å². The van der Waals surface area contributed by atoms with Gasteiger partial charge in [0.05, 0.1) is 29.9 Å². The number of hydrogen-bond acceptors (Lipinski definition) is 8. The molecule has 1 heterocycles. The average Bonchev–Trinajstić information content (AvgIpc) is 3.16. The molecule has 36 heavy (non-hydrogen) atoms. The van der Waals surface area contributed by atoms with Gasteiger partial charge in [0.15, 0.2) is 9.84 Å². The minimum absolute atomic E-state index is 0.0400. The lowest BCUT2D eigenvalue weighted by atomic mass is 10.1. The Morgan fingerprint density at radius 2 is 1.75 bits per heavy atom. The second kappa shape index (κ2) is 11.2. The highest BCUT2D eigenvalue weighted by Crippen LogP contribution is 2.53. The largest absolute Gasteiger partial charge is 0.449 e. The van der Waals surface area contributed by atoms with Crippen LogP contribution in [0.4, 0.5) is 13.8 Å². The Morgan fingerprint density at radius 1 is 1.11 bits per heavy atom. The maximum atomic E-state index is 13.1. The first kappa shape index (κ1) is 27.9. The van der Waals surface area contributed by atoms with Gasteiger partial charge in [-0.25, -0.2) is 22.6 Å². The predicted molar refractivity (Wildman–Crippen MR) is 129 cm³/mol. The molecule has 0 bridgehead atoms. The van der Waals surface area contributed by atoms with Crippen molar-refractivity contribution >= 4 is 39.5 Å². The summed E-state index contributed by atoms with van der Waals surface area (Å²) in [5, 5.41) is 0. The van der Waals surface area contributed by atoms with E-state index in [0.29, 0.717) is 21.3 Å². The Labute approximate surface area is 212 Å². The highest BCUT2D eigenvalue weighted by molar-refractivity contribution is 9.10. The molecule has 0 aliphatic rings. The topological polar surface area (TPSA) is 123 Å². The Morgan fingerprint density at radius 3 is 2.28 bits per heavy atom. The molecular weight excluding hydrogens is 589 g/mol. The quantitative estimate of drug-likeness (QED) is 0.310. The first-order valence-electron chi connectivity index (χ1n) is 10.2. The Balaban J connectivity index is 2.04. The summed E-state index contributed by atoms with van der Waals surface area (Å²) < 4.78 is 73.8. The van der Waals surface area contributed by atoms with Gasteiger partial charge in [-0.1, -0.05) is 40.2 Å². The maximum absolute atomic E-state index is 13.1. The molecule has 10 nitrogen and oxygen atoms in total. The van der Waals surface area contributed by atoms with Crippen molar-refractivity contribution in [3.63, 3.8) is 0 Å². The molecule has 0 unspecified atom stereocenters. The number of imidazole rings is 1. The zero-order valence-electron chi connectivity index (χ0n) is 18.9. The number of aromatic nitrogens is 2. The molecule has 2 aromatic carbocycles. The SMILES string of the molecule is CCOC(=O)n1cc(-c2ccc(S(C)(=O)=O)cc2)n(Cc2ccc(CP(=O)(OF)OF)c(Br)c2)c1=O. The van der Waals surface area contributed by atoms with E-state index < -0.39 is 35.4 Å². The molecular formula is C21H20BrF2N2O8PS. The number of carbonyl (C=O) groups is 1. The van der Waals surface area contributed by atoms with Crippen LogP contribution < -0.4 is 5.69 Å². The second-order valence-electron chi connectivity index (χ2n) is 7.58. The standard InChI is InChI=1S/C21H20BrF2N2O8PS/c1-3-32-21(28)26-12-19(15-6-8-17(9-7-15)36(2,30)31)25(20(26)27)11-14-4-5-16(18(22)10-14)13-35(29,33-23)34-24/h4-10,12H,3,11,13H2,1-2H3. The third-order valence-electron chi connectivity index (χ3n) is 5.05. The second-order valence-corrected chi connectivity index (χ2v) is 12.3. The lowest BCUT2D eigenvalue weighted by Crippen LogP contribution is -2.30. The molecule has 0 amide bonds. The van der Waals surface area contributed by atoms with Crippen molar-refractivity contribution in [2.75, 3.05) is 12.9 Å². The van der Waals surface area contributed by atoms with Crippen LogP contribution in [-0.4, -0.2) is 36.5 Å². The van der Waals surface area contributed by atoms with Crippen molar-refractivity contribution in [1.82, 2.24) is 9.13 Å². The van der Waals surface area contributed by atoms with Crippen LogP contribution in [0.5, 0.6) is 0 Å². The summed E-state index contributed by atoms with van der Waals surface area (Å²) >= 11 is 3.23.